The van der Waals surface area contributed by atoms with E-state index in [1.807, 2.05) is 6.92 Å². The summed E-state index contributed by atoms with van der Waals surface area (Å²) in [6, 6.07) is 6.02. The maximum Gasteiger partial charge on any atom is 0.316 e. The Morgan fingerprint density at radius 3 is 2.37 bits per heavy atom. The number of ether oxygens (including phenoxy) is 1. The first kappa shape index (κ1) is 14.5. The van der Waals surface area contributed by atoms with Gasteiger partial charge < -0.3 is 9.84 Å². The number of carbonyl (C=O) groups excluding carboxylic acids is 1. The molecule has 0 saturated heterocycles. The number of phenolic OH excluding ortho intramolecular Hbond substituents is 1. The van der Waals surface area contributed by atoms with E-state index in [-0.39, 0.29) is 22.6 Å². The van der Waals surface area contributed by atoms with Gasteiger partial charge in [-0.3, -0.25) is 4.79 Å². The fourth-order valence-corrected chi connectivity index (χ4v) is 1.26. The van der Waals surface area contributed by atoms with Crippen LogP contribution in [0.4, 0.5) is 0 Å². The van der Waals surface area contributed by atoms with E-state index in [0.29, 0.717) is 6.42 Å². The van der Waals surface area contributed by atoms with Crippen molar-refractivity contribution in [3.63, 3.8) is 0 Å². The Kier molecular flexibility index (Phi) is 4.14. The monoisotopic (exact) mass is 258 g/mol. The Balaban J connectivity index is 3.22. The van der Waals surface area contributed by atoms with Crippen LogP contribution in [0.3, 0.4) is 0 Å². The van der Waals surface area contributed by atoms with Crippen molar-refractivity contribution < 1.29 is 14.6 Å². The molecule has 0 aliphatic rings. The highest BCUT2D eigenvalue weighted by Gasteiger charge is 2.29. The SMILES string of the molecule is CCC(C)(C)C(=O)Oc1ccc(O)c(C#N)c1C#N. The Bertz CT molecular complexity index is 592. The van der Waals surface area contributed by atoms with Crippen LogP contribution in [0.15, 0.2) is 12.1 Å². The third-order valence-electron chi connectivity index (χ3n) is 3.01. The van der Waals surface area contributed by atoms with Gasteiger partial charge in [0.15, 0.2) is 0 Å². The molecule has 0 unspecified atom stereocenters. The molecule has 1 N–H and O–H groups in total. The second-order valence-corrected chi connectivity index (χ2v) is 4.68. The Hall–Kier alpha value is -2.53. The molecule has 0 aliphatic carbocycles. The zero-order chi connectivity index (χ0) is 14.6. The van der Waals surface area contributed by atoms with Crippen molar-refractivity contribution in [1.29, 1.82) is 10.5 Å². The van der Waals surface area contributed by atoms with E-state index in [2.05, 4.69) is 0 Å². The highest BCUT2D eigenvalue weighted by Crippen LogP contribution is 2.31. The Labute approximate surface area is 111 Å². The number of rotatable bonds is 3. The number of nitriles is 2. The van der Waals surface area contributed by atoms with Crippen LogP contribution in [-0.2, 0) is 4.79 Å². The zero-order valence-electron chi connectivity index (χ0n) is 11.0. The summed E-state index contributed by atoms with van der Waals surface area (Å²) < 4.78 is 5.17. The standard InChI is InChI=1S/C14H14N2O3/c1-4-14(2,3)13(18)19-12-6-5-11(17)9(7-15)10(12)8-16/h5-6,17H,4H2,1-3H3. The van der Waals surface area contributed by atoms with Gasteiger partial charge in [0, 0.05) is 0 Å². The lowest BCUT2D eigenvalue weighted by atomic mass is 9.90. The second kappa shape index (κ2) is 5.41. The fourth-order valence-electron chi connectivity index (χ4n) is 1.26. The van der Waals surface area contributed by atoms with Crippen LogP contribution in [0.25, 0.3) is 0 Å². The predicted octanol–water partition coefficient (Wildman–Crippen LogP) is 2.48. The van der Waals surface area contributed by atoms with Gasteiger partial charge in [-0.2, -0.15) is 10.5 Å². The summed E-state index contributed by atoms with van der Waals surface area (Å²) in [4.78, 5) is 11.9. The van der Waals surface area contributed by atoms with Gasteiger partial charge in [0.25, 0.3) is 0 Å². The van der Waals surface area contributed by atoms with E-state index >= 15 is 0 Å². The van der Waals surface area contributed by atoms with Crippen molar-refractivity contribution in [3.8, 4) is 23.6 Å². The smallest absolute Gasteiger partial charge is 0.316 e. The third-order valence-corrected chi connectivity index (χ3v) is 3.01. The maximum absolute atomic E-state index is 11.9. The molecule has 1 rings (SSSR count). The molecular weight excluding hydrogens is 244 g/mol. The summed E-state index contributed by atoms with van der Waals surface area (Å²) in [5.74, 6) is -0.807. The van der Waals surface area contributed by atoms with E-state index in [1.165, 1.54) is 12.1 Å². The number of nitrogens with zero attached hydrogens (tertiary/aromatic N) is 2. The van der Waals surface area contributed by atoms with Gasteiger partial charge in [-0.1, -0.05) is 6.92 Å². The molecule has 0 fully saturated rings. The van der Waals surface area contributed by atoms with Crippen LogP contribution >= 0.6 is 0 Å². The van der Waals surface area contributed by atoms with E-state index in [1.54, 1.807) is 26.0 Å². The number of carbonyl (C=O) groups is 1. The molecule has 0 saturated carbocycles. The van der Waals surface area contributed by atoms with E-state index in [9.17, 15) is 9.90 Å². The third kappa shape index (κ3) is 2.83. The highest BCUT2D eigenvalue weighted by molar-refractivity contribution is 5.79. The van der Waals surface area contributed by atoms with E-state index in [4.69, 9.17) is 15.3 Å². The van der Waals surface area contributed by atoms with Gasteiger partial charge in [-0.05, 0) is 32.4 Å². The lowest BCUT2D eigenvalue weighted by molar-refractivity contribution is -0.144. The van der Waals surface area contributed by atoms with Gasteiger partial charge in [-0.25, -0.2) is 0 Å². The minimum absolute atomic E-state index is 0.0108. The molecule has 0 atom stereocenters. The van der Waals surface area contributed by atoms with Crippen LogP contribution in [-0.4, -0.2) is 11.1 Å². The predicted molar refractivity (Wildman–Crippen MR) is 67.2 cm³/mol. The number of phenols is 1. The molecule has 0 amide bonds. The van der Waals surface area contributed by atoms with Gasteiger partial charge in [0.1, 0.15) is 34.8 Å². The second-order valence-electron chi connectivity index (χ2n) is 4.68. The van der Waals surface area contributed by atoms with Gasteiger partial charge in [0.05, 0.1) is 5.41 Å². The van der Waals surface area contributed by atoms with Crippen LogP contribution in [0.1, 0.15) is 38.3 Å². The number of aromatic hydroxyl groups is 1. The minimum Gasteiger partial charge on any atom is -0.507 e. The summed E-state index contributed by atoms with van der Waals surface area (Å²) in [7, 11) is 0. The zero-order valence-corrected chi connectivity index (χ0v) is 11.0. The van der Waals surface area contributed by atoms with Crippen LogP contribution in [0.5, 0.6) is 11.5 Å². The summed E-state index contributed by atoms with van der Waals surface area (Å²) in [6.45, 7) is 5.31. The summed E-state index contributed by atoms with van der Waals surface area (Å²) in [5.41, 5.74) is -1.01. The van der Waals surface area contributed by atoms with Crippen molar-refractivity contribution in [2.24, 2.45) is 5.41 Å². The fraction of sp³-hybridized carbons (Fsp3) is 0.357. The van der Waals surface area contributed by atoms with Gasteiger partial charge in [-0.15, -0.1) is 0 Å². The normalized spacial score (nSPS) is 10.4. The van der Waals surface area contributed by atoms with Crippen LogP contribution in [0.2, 0.25) is 0 Å². The van der Waals surface area contributed by atoms with Gasteiger partial charge in [0.2, 0.25) is 0 Å². The lowest BCUT2D eigenvalue weighted by Gasteiger charge is -2.20. The van der Waals surface area contributed by atoms with Gasteiger partial charge >= 0.3 is 5.97 Å². The average molecular weight is 258 g/mol. The van der Waals surface area contributed by atoms with Crippen molar-refractivity contribution in [3.05, 3.63) is 23.3 Å². The number of hydrogen-bond acceptors (Lipinski definition) is 5. The van der Waals surface area contributed by atoms with Crippen molar-refractivity contribution >= 4 is 5.97 Å². The maximum atomic E-state index is 11.9. The largest absolute Gasteiger partial charge is 0.507 e. The molecule has 0 radical (unpaired) electrons. The molecular formula is C14H14N2O3. The molecule has 5 nitrogen and oxygen atoms in total. The summed E-state index contributed by atoms with van der Waals surface area (Å²) in [6.07, 6.45) is 0.580. The molecule has 0 heterocycles. The lowest BCUT2D eigenvalue weighted by Crippen LogP contribution is -2.28. The summed E-state index contributed by atoms with van der Waals surface area (Å²) in [5, 5.41) is 27.4. The Morgan fingerprint density at radius 2 is 1.89 bits per heavy atom. The van der Waals surface area contributed by atoms with E-state index in [0.717, 1.165) is 0 Å². The molecule has 0 bridgehead atoms. The number of benzene rings is 1. The number of hydrogen-bond donors (Lipinski definition) is 1. The molecule has 0 aliphatic heterocycles. The minimum atomic E-state index is -0.683. The molecule has 0 spiro atoms. The average Bonchev–Trinajstić information content (AvgIpc) is 2.39. The first-order valence-electron chi connectivity index (χ1n) is 5.75. The first-order chi connectivity index (χ1) is 8.87. The van der Waals surface area contributed by atoms with Crippen molar-refractivity contribution in [2.45, 2.75) is 27.2 Å². The Morgan fingerprint density at radius 1 is 1.32 bits per heavy atom. The molecule has 0 aromatic heterocycles. The molecule has 19 heavy (non-hydrogen) atoms. The molecule has 98 valence electrons. The molecule has 1 aromatic carbocycles. The van der Waals surface area contributed by atoms with Crippen molar-refractivity contribution in [2.75, 3.05) is 0 Å². The van der Waals surface area contributed by atoms with Crippen molar-refractivity contribution in [1.82, 2.24) is 0 Å². The first-order valence-corrected chi connectivity index (χ1v) is 5.75. The van der Waals surface area contributed by atoms with Crippen LogP contribution < -0.4 is 4.74 Å². The summed E-state index contributed by atoms with van der Waals surface area (Å²) >= 11 is 0. The molecule has 1 aromatic rings. The van der Waals surface area contributed by atoms with Crippen LogP contribution in [0, 0.1) is 28.1 Å². The quantitative estimate of drug-likeness (QED) is 0.663. The highest BCUT2D eigenvalue weighted by atomic mass is 16.5. The molecule has 5 heteroatoms. The number of esters is 1. The van der Waals surface area contributed by atoms with E-state index < -0.39 is 11.4 Å². The topological polar surface area (TPSA) is 94.1 Å².